The van der Waals surface area contributed by atoms with Crippen molar-refractivity contribution in [3.8, 4) is 0 Å². The maximum atomic E-state index is 4.14. The second-order valence-corrected chi connectivity index (χ2v) is 6.08. The Hall–Kier alpha value is -0.930. The van der Waals surface area contributed by atoms with Gasteiger partial charge in [0.15, 0.2) is 0 Å². The van der Waals surface area contributed by atoms with E-state index in [0.29, 0.717) is 6.04 Å². The zero-order valence-corrected chi connectivity index (χ0v) is 11.9. The fourth-order valence-electron chi connectivity index (χ4n) is 3.23. The summed E-state index contributed by atoms with van der Waals surface area (Å²) in [6.45, 7) is 6.03. The highest BCUT2D eigenvalue weighted by atomic mass is 15.2. The van der Waals surface area contributed by atoms with E-state index in [0.717, 1.165) is 12.0 Å². The second-order valence-electron chi connectivity index (χ2n) is 6.08. The number of pyridine rings is 1. The first-order chi connectivity index (χ1) is 9.34. The molecule has 1 saturated heterocycles. The lowest BCUT2D eigenvalue weighted by atomic mass is 9.96. The van der Waals surface area contributed by atoms with Gasteiger partial charge in [-0.2, -0.15) is 0 Å². The third kappa shape index (κ3) is 3.34. The molecule has 2 heterocycles. The number of piperidine rings is 1. The maximum Gasteiger partial charge on any atom is 0.0324 e. The van der Waals surface area contributed by atoms with E-state index < -0.39 is 0 Å². The standard InChI is InChI=1S/C16H25N3/c1-13(15-6-10-18-11-7-15)19(16-2-3-16)12-14-4-8-17-9-5-14/h6-7,10-11,13-14,16-17H,2-5,8-9,12H2,1H3. The van der Waals surface area contributed by atoms with Crippen LogP contribution in [-0.4, -0.2) is 35.6 Å². The molecule has 2 aliphatic rings. The molecule has 0 radical (unpaired) electrons. The van der Waals surface area contributed by atoms with Crippen LogP contribution < -0.4 is 5.32 Å². The highest BCUT2D eigenvalue weighted by Crippen LogP contribution is 2.35. The molecule has 3 heteroatoms. The zero-order chi connectivity index (χ0) is 13.1. The van der Waals surface area contributed by atoms with Gasteiger partial charge in [0.25, 0.3) is 0 Å². The molecule has 0 spiro atoms. The van der Waals surface area contributed by atoms with Crippen LogP contribution in [0.15, 0.2) is 24.5 Å². The Balaban J connectivity index is 1.66. The van der Waals surface area contributed by atoms with Crippen molar-refractivity contribution in [3.63, 3.8) is 0 Å². The first-order valence-corrected chi connectivity index (χ1v) is 7.71. The molecule has 1 aromatic rings. The Kier molecular flexibility index (Phi) is 4.14. The Labute approximate surface area is 116 Å². The first kappa shape index (κ1) is 13.1. The molecule has 19 heavy (non-hydrogen) atoms. The first-order valence-electron chi connectivity index (χ1n) is 7.71. The molecular formula is C16H25N3. The lowest BCUT2D eigenvalue weighted by molar-refractivity contribution is 0.152. The third-order valence-corrected chi connectivity index (χ3v) is 4.63. The summed E-state index contributed by atoms with van der Waals surface area (Å²) in [5.74, 6) is 0.881. The smallest absolute Gasteiger partial charge is 0.0324 e. The highest BCUT2D eigenvalue weighted by molar-refractivity contribution is 5.15. The number of nitrogens with zero attached hydrogens (tertiary/aromatic N) is 2. The average Bonchev–Trinajstić information content (AvgIpc) is 3.31. The minimum Gasteiger partial charge on any atom is -0.317 e. The molecular weight excluding hydrogens is 234 g/mol. The molecule has 2 fully saturated rings. The van der Waals surface area contributed by atoms with Gasteiger partial charge >= 0.3 is 0 Å². The number of rotatable bonds is 5. The minimum absolute atomic E-state index is 0.533. The molecule has 0 amide bonds. The highest BCUT2D eigenvalue weighted by Gasteiger charge is 2.34. The van der Waals surface area contributed by atoms with E-state index in [4.69, 9.17) is 0 Å². The topological polar surface area (TPSA) is 28.2 Å². The number of nitrogens with one attached hydrogen (secondary N) is 1. The fourth-order valence-corrected chi connectivity index (χ4v) is 3.23. The van der Waals surface area contributed by atoms with E-state index in [-0.39, 0.29) is 0 Å². The van der Waals surface area contributed by atoms with Gasteiger partial charge in [0.05, 0.1) is 0 Å². The van der Waals surface area contributed by atoms with Crippen molar-refractivity contribution in [1.82, 2.24) is 15.2 Å². The second kappa shape index (κ2) is 6.02. The lowest BCUT2D eigenvalue weighted by Crippen LogP contribution is -2.38. The summed E-state index contributed by atoms with van der Waals surface area (Å²) in [5.41, 5.74) is 1.41. The van der Waals surface area contributed by atoms with Gasteiger partial charge in [0.2, 0.25) is 0 Å². The van der Waals surface area contributed by atoms with E-state index in [1.165, 1.54) is 50.9 Å². The number of aromatic nitrogens is 1. The van der Waals surface area contributed by atoms with Crippen LogP contribution in [0.25, 0.3) is 0 Å². The summed E-state index contributed by atoms with van der Waals surface area (Å²) in [7, 11) is 0. The van der Waals surface area contributed by atoms with Crippen molar-refractivity contribution >= 4 is 0 Å². The number of hydrogen-bond donors (Lipinski definition) is 1. The van der Waals surface area contributed by atoms with Crippen molar-refractivity contribution in [2.24, 2.45) is 5.92 Å². The van der Waals surface area contributed by atoms with Crippen molar-refractivity contribution in [2.75, 3.05) is 19.6 Å². The monoisotopic (exact) mass is 259 g/mol. The van der Waals surface area contributed by atoms with Crippen LogP contribution in [-0.2, 0) is 0 Å². The predicted octanol–water partition coefficient (Wildman–Crippen LogP) is 2.61. The molecule has 104 valence electrons. The summed E-state index contributed by atoms with van der Waals surface area (Å²) < 4.78 is 0. The van der Waals surface area contributed by atoms with E-state index in [9.17, 15) is 0 Å². The molecule has 1 aliphatic heterocycles. The molecule has 0 aromatic carbocycles. The quantitative estimate of drug-likeness (QED) is 0.881. The van der Waals surface area contributed by atoms with Crippen molar-refractivity contribution < 1.29 is 0 Å². The molecule has 1 unspecified atom stereocenters. The van der Waals surface area contributed by atoms with Gasteiger partial charge in [0, 0.05) is 31.0 Å². The third-order valence-electron chi connectivity index (χ3n) is 4.63. The van der Waals surface area contributed by atoms with Gasteiger partial charge in [-0.05, 0) is 69.3 Å². The van der Waals surface area contributed by atoms with Crippen LogP contribution in [0, 0.1) is 5.92 Å². The van der Waals surface area contributed by atoms with Crippen LogP contribution in [0.4, 0.5) is 0 Å². The van der Waals surface area contributed by atoms with Gasteiger partial charge in [-0.3, -0.25) is 9.88 Å². The Bertz CT molecular complexity index is 382. The molecule has 3 rings (SSSR count). The molecule has 3 nitrogen and oxygen atoms in total. The van der Waals surface area contributed by atoms with Gasteiger partial charge in [-0.25, -0.2) is 0 Å². The van der Waals surface area contributed by atoms with Gasteiger partial charge in [0.1, 0.15) is 0 Å². The van der Waals surface area contributed by atoms with E-state index in [1.54, 1.807) is 0 Å². The van der Waals surface area contributed by atoms with Crippen LogP contribution in [0.1, 0.15) is 44.2 Å². The molecule has 1 N–H and O–H groups in total. The van der Waals surface area contributed by atoms with E-state index in [2.05, 4.69) is 34.3 Å². The molecule has 1 aromatic heterocycles. The molecule has 1 aliphatic carbocycles. The van der Waals surface area contributed by atoms with Crippen LogP contribution in [0.3, 0.4) is 0 Å². The fraction of sp³-hybridized carbons (Fsp3) is 0.688. The number of hydrogen-bond acceptors (Lipinski definition) is 3. The van der Waals surface area contributed by atoms with Crippen molar-refractivity contribution in [3.05, 3.63) is 30.1 Å². The normalized spacial score (nSPS) is 22.6. The van der Waals surface area contributed by atoms with E-state index >= 15 is 0 Å². The Morgan fingerprint density at radius 1 is 1.21 bits per heavy atom. The Morgan fingerprint density at radius 2 is 1.89 bits per heavy atom. The SMILES string of the molecule is CC(c1ccncc1)N(CC1CCNCC1)C1CC1. The summed E-state index contributed by atoms with van der Waals surface area (Å²) in [5, 5.41) is 3.47. The van der Waals surface area contributed by atoms with Gasteiger partial charge < -0.3 is 5.32 Å². The summed E-state index contributed by atoms with van der Waals surface area (Å²) >= 11 is 0. The average molecular weight is 259 g/mol. The van der Waals surface area contributed by atoms with Gasteiger partial charge in [-0.1, -0.05) is 0 Å². The molecule has 1 atom stereocenters. The zero-order valence-electron chi connectivity index (χ0n) is 11.9. The molecule has 1 saturated carbocycles. The maximum absolute atomic E-state index is 4.14. The summed E-state index contributed by atoms with van der Waals surface area (Å²) in [6, 6.07) is 5.70. The summed E-state index contributed by atoms with van der Waals surface area (Å²) in [4.78, 5) is 6.88. The largest absolute Gasteiger partial charge is 0.317 e. The lowest BCUT2D eigenvalue weighted by Gasteiger charge is -2.34. The predicted molar refractivity (Wildman–Crippen MR) is 78.0 cm³/mol. The van der Waals surface area contributed by atoms with E-state index in [1.807, 2.05) is 12.4 Å². The van der Waals surface area contributed by atoms with Crippen molar-refractivity contribution in [1.29, 1.82) is 0 Å². The summed E-state index contributed by atoms with van der Waals surface area (Å²) in [6.07, 6.45) is 9.29. The van der Waals surface area contributed by atoms with Crippen LogP contribution >= 0.6 is 0 Å². The van der Waals surface area contributed by atoms with Gasteiger partial charge in [-0.15, -0.1) is 0 Å². The Morgan fingerprint density at radius 3 is 2.53 bits per heavy atom. The van der Waals surface area contributed by atoms with Crippen LogP contribution in [0.2, 0.25) is 0 Å². The minimum atomic E-state index is 0.533. The van der Waals surface area contributed by atoms with Crippen molar-refractivity contribution in [2.45, 2.75) is 44.7 Å². The van der Waals surface area contributed by atoms with Crippen LogP contribution in [0.5, 0.6) is 0 Å². The molecule has 0 bridgehead atoms.